The number of carbonyl (C=O) groups excluding carboxylic acids is 1. The predicted octanol–water partition coefficient (Wildman–Crippen LogP) is 2.33. The summed E-state index contributed by atoms with van der Waals surface area (Å²) in [6, 6.07) is 0. The Morgan fingerprint density at radius 1 is 1.50 bits per heavy atom. The summed E-state index contributed by atoms with van der Waals surface area (Å²) >= 11 is 1.88. The quantitative estimate of drug-likeness (QED) is 0.799. The fourth-order valence-electron chi connectivity index (χ4n) is 2.03. The van der Waals surface area contributed by atoms with Gasteiger partial charge >= 0.3 is 6.09 Å². The third-order valence-corrected chi connectivity index (χ3v) is 4.02. The first-order chi connectivity index (χ1) is 8.42. The lowest BCUT2D eigenvalue weighted by Gasteiger charge is -2.34. The van der Waals surface area contributed by atoms with Crippen LogP contribution >= 0.6 is 11.8 Å². The number of likely N-dealkylation sites (tertiary alicyclic amines) is 1. The van der Waals surface area contributed by atoms with Crippen molar-refractivity contribution in [2.75, 3.05) is 31.1 Å². The number of nitrogens with zero attached hydrogens (tertiary/aromatic N) is 1. The van der Waals surface area contributed by atoms with Gasteiger partial charge in [-0.25, -0.2) is 4.79 Å². The van der Waals surface area contributed by atoms with E-state index in [4.69, 9.17) is 10.5 Å². The Bertz CT molecular complexity index is 266. The van der Waals surface area contributed by atoms with Crippen LogP contribution in [0.5, 0.6) is 0 Å². The largest absolute Gasteiger partial charge is 0.444 e. The topological polar surface area (TPSA) is 55.6 Å². The maximum atomic E-state index is 12.0. The molecule has 1 amide bonds. The van der Waals surface area contributed by atoms with Crippen LogP contribution in [0.25, 0.3) is 0 Å². The summed E-state index contributed by atoms with van der Waals surface area (Å²) in [4.78, 5) is 13.8. The summed E-state index contributed by atoms with van der Waals surface area (Å²) in [6.45, 7) is 8.10. The van der Waals surface area contributed by atoms with E-state index in [0.29, 0.717) is 5.92 Å². The van der Waals surface area contributed by atoms with Gasteiger partial charge in [0.2, 0.25) is 0 Å². The van der Waals surface area contributed by atoms with Crippen LogP contribution in [0, 0.1) is 5.92 Å². The maximum Gasteiger partial charge on any atom is 0.410 e. The number of hydrogen-bond acceptors (Lipinski definition) is 4. The van der Waals surface area contributed by atoms with Crippen LogP contribution < -0.4 is 5.73 Å². The van der Waals surface area contributed by atoms with Crippen molar-refractivity contribution in [1.82, 2.24) is 4.90 Å². The van der Waals surface area contributed by atoms with Gasteiger partial charge in [0.25, 0.3) is 0 Å². The van der Waals surface area contributed by atoms with E-state index in [1.807, 2.05) is 37.4 Å². The lowest BCUT2D eigenvalue weighted by atomic mass is 10.0. The van der Waals surface area contributed by atoms with Crippen molar-refractivity contribution in [2.24, 2.45) is 11.7 Å². The molecule has 0 unspecified atom stereocenters. The summed E-state index contributed by atoms with van der Waals surface area (Å²) in [5.74, 6) is 2.68. The number of hydrogen-bond donors (Lipinski definition) is 1. The number of amides is 1. The van der Waals surface area contributed by atoms with E-state index in [2.05, 4.69) is 0 Å². The molecule has 0 saturated carbocycles. The Kier molecular flexibility index (Phi) is 6.29. The summed E-state index contributed by atoms with van der Waals surface area (Å²) in [5, 5.41) is 0. The van der Waals surface area contributed by atoms with E-state index in [1.165, 1.54) is 6.42 Å². The Labute approximate surface area is 115 Å². The second kappa shape index (κ2) is 7.24. The van der Waals surface area contributed by atoms with Crippen LogP contribution in [0.3, 0.4) is 0 Å². The molecule has 18 heavy (non-hydrogen) atoms. The van der Waals surface area contributed by atoms with Gasteiger partial charge in [-0.3, -0.25) is 0 Å². The van der Waals surface area contributed by atoms with Crippen molar-refractivity contribution >= 4 is 17.9 Å². The van der Waals surface area contributed by atoms with Gasteiger partial charge in [0.1, 0.15) is 5.60 Å². The Morgan fingerprint density at radius 2 is 2.22 bits per heavy atom. The molecule has 0 aromatic carbocycles. The average molecular weight is 274 g/mol. The fourth-order valence-corrected chi connectivity index (χ4v) is 2.97. The highest BCUT2D eigenvalue weighted by atomic mass is 32.2. The second-order valence-electron chi connectivity index (χ2n) is 5.80. The van der Waals surface area contributed by atoms with Crippen molar-refractivity contribution in [3.8, 4) is 0 Å². The highest BCUT2D eigenvalue weighted by Crippen LogP contribution is 2.22. The third-order valence-electron chi connectivity index (χ3n) is 2.79. The Balaban J connectivity index is 2.36. The SMILES string of the molecule is CC(C)(C)OC(=O)N1CCC[C@H](CSCCN)C1. The molecular weight excluding hydrogens is 248 g/mol. The first-order valence-electron chi connectivity index (χ1n) is 6.68. The van der Waals surface area contributed by atoms with Gasteiger partial charge in [-0.2, -0.15) is 11.8 Å². The maximum absolute atomic E-state index is 12.0. The summed E-state index contributed by atoms with van der Waals surface area (Å²) in [6.07, 6.45) is 2.11. The number of piperidine rings is 1. The molecule has 4 nitrogen and oxygen atoms in total. The van der Waals surface area contributed by atoms with Gasteiger partial charge < -0.3 is 15.4 Å². The molecule has 1 fully saturated rings. The van der Waals surface area contributed by atoms with Crippen LogP contribution in [0.2, 0.25) is 0 Å². The van der Waals surface area contributed by atoms with Gasteiger partial charge in [0.15, 0.2) is 0 Å². The molecular formula is C13H26N2O2S. The molecule has 1 aliphatic heterocycles. The molecule has 0 bridgehead atoms. The monoisotopic (exact) mass is 274 g/mol. The van der Waals surface area contributed by atoms with Gasteiger partial charge in [-0.15, -0.1) is 0 Å². The van der Waals surface area contributed by atoms with E-state index >= 15 is 0 Å². The van der Waals surface area contributed by atoms with Gasteiger partial charge in [0.05, 0.1) is 0 Å². The minimum absolute atomic E-state index is 0.170. The van der Waals surface area contributed by atoms with Gasteiger partial charge in [0, 0.05) is 25.4 Å². The second-order valence-corrected chi connectivity index (χ2v) is 6.95. The zero-order chi connectivity index (χ0) is 13.6. The first-order valence-corrected chi connectivity index (χ1v) is 7.83. The van der Waals surface area contributed by atoms with E-state index in [-0.39, 0.29) is 6.09 Å². The molecule has 0 aliphatic carbocycles. The molecule has 0 spiro atoms. The lowest BCUT2D eigenvalue weighted by molar-refractivity contribution is 0.0177. The van der Waals surface area contributed by atoms with Crippen LogP contribution in [-0.4, -0.2) is 47.7 Å². The summed E-state index contributed by atoms with van der Waals surface area (Å²) in [7, 11) is 0. The zero-order valence-corrected chi connectivity index (χ0v) is 12.6. The highest BCUT2D eigenvalue weighted by Gasteiger charge is 2.27. The molecule has 106 valence electrons. The Morgan fingerprint density at radius 3 is 2.83 bits per heavy atom. The Hall–Kier alpha value is -0.420. The molecule has 1 atom stereocenters. The van der Waals surface area contributed by atoms with Crippen molar-refractivity contribution in [2.45, 2.75) is 39.2 Å². The molecule has 1 aliphatic rings. The third kappa shape index (κ3) is 5.96. The van der Waals surface area contributed by atoms with E-state index in [0.717, 1.165) is 37.6 Å². The molecule has 1 saturated heterocycles. The number of carbonyl (C=O) groups is 1. The summed E-state index contributed by atoms with van der Waals surface area (Å²) in [5.41, 5.74) is 5.08. The molecule has 0 aromatic heterocycles. The molecule has 5 heteroatoms. The lowest BCUT2D eigenvalue weighted by Crippen LogP contribution is -2.43. The molecule has 0 aromatic rings. The molecule has 2 N–H and O–H groups in total. The number of ether oxygens (including phenoxy) is 1. The van der Waals surface area contributed by atoms with E-state index in [1.54, 1.807) is 0 Å². The van der Waals surface area contributed by atoms with E-state index in [9.17, 15) is 4.79 Å². The zero-order valence-electron chi connectivity index (χ0n) is 11.8. The van der Waals surface area contributed by atoms with Crippen LogP contribution in [0.4, 0.5) is 4.79 Å². The first kappa shape index (κ1) is 15.6. The van der Waals surface area contributed by atoms with Crippen molar-refractivity contribution in [1.29, 1.82) is 0 Å². The van der Waals surface area contributed by atoms with Gasteiger partial charge in [-0.1, -0.05) is 0 Å². The summed E-state index contributed by atoms with van der Waals surface area (Å²) < 4.78 is 5.41. The average Bonchev–Trinajstić information content (AvgIpc) is 2.27. The smallest absolute Gasteiger partial charge is 0.410 e. The van der Waals surface area contributed by atoms with Crippen molar-refractivity contribution < 1.29 is 9.53 Å². The molecule has 0 radical (unpaired) electrons. The van der Waals surface area contributed by atoms with Crippen molar-refractivity contribution in [3.63, 3.8) is 0 Å². The van der Waals surface area contributed by atoms with Crippen molar-refractivity contribution in [3.05, 3.63) is 0 Å². The van der Waals surface area contributed by atoms with Crippen LogP contribution in [0.1, 0.15) is 33.6 Å². The van der Waals surface area contributed by atoms with Gasteiger partial charge in [-0.05, 0) is 45.3 Å². The number of nitrogens with two attached hydrogens (primary N) is 1. The highest BCUT2D eigenvalue weighted by molar-refractivity contribution is 7.99. The minimum Gasteiger partial charge on any atom is -0.444 e. The standard InChI is InChI=1S/C13H26N2O2S/c1-13(2,3)17-12(16)15-7-4-5-11(9-15)10-18-8-6-14/h11H,4-10,14H2,1-3H3/t11-/m0/s1. The normalized spacial score (nSPS) is 20.9. The van der Waals surface area contributed by atoms with Crippen LogP contribution in [0.15, 0.2) is 0 Å². The number of rotatable bonds is 4. The molecule has 1 rings (SSSR count). The van der Waals surface area contributed by atoms with E-state index < -0.39 is 5.60 Å². The molecule has 1 heterocycles. The fraction of sp³-hybridized carbons (Fsp3) is 0.923. The van der Waals surface area contributed by atoms with Crippen LogP contribution in [-0.2, 0) is 4.74 Å². The minimum atomic E-state index is -0.404. The number of thioether (sulfide) groups is 1. The predicted molar refractivity (Wildman–Crippen MR) is 76.9 cm³/mol.